The topological polar surface area (TPSA) is 90.9 Å². The van der Waals surface area contributed by atoms with Gasteiger partial charge < -0.3 is 16.0 Å². The van der Waals surface area contributed by atoms with Crippen LogP contribution in [0.2, 0.25) is 0 Å². The van der Waals surface area contributed by atoms with Gasteiger partial charge in [-0.3, -0.25) is 0 Å². The van der Waals surface area contributed by atoms with Gasteiger partial charge in [0.1, 0.15) is 5.82 Å². The third-order valence-electron chi connectivity index (χ3n) is 5.05. The molecule has 1 aliphatic carbocycles. The number of benzene rings is 1. The van der Waals surface area contributed by atoms with Crippen LogP contribution in [-0.2, 0) is 12.8 Å². The molecule has 1 unspecified atom stereocenters. The van der Waals surface area contributed by atoms with Crippen molar-refractivity contribution in [3.8, 4) is 6.07 Å². The summed E-state index contributed by atoms with van der Waals surface area (Å²) in [4.78, 5) is 11.8. The SMILES string of the molecule is Cc1ccc(Nc2nc3c(c(N4CCC(N)C4)n2)CCC3)cc1C#N.Cl.Cl. The van der Waals surface area contributed by atoms with Gasteiger partial charge in [-0.15, -0.1) is 24.8 Å². The third-order valence-corrected chi connectivity index (χ3v) is 5.05. The van der Waals surface area contributed by atoms with Crippen molar-refractivity contribution < 1.29 is 0 Å². The summed E-state index contributed by atoms with van der Waals surface area (Å²) >= 11 is 0. The summed E-state index contributed by atoms with van der Waals surface area (Å²) in [5, 5.41) is 12.5. The maximum absolute atomic E-state index is 9.22. The number of rotatable bonds is 3. The molecule has 0 amide bonds. The average molecular weight is 407 g/mol. The molecule has 0 spiro atoms. The Morgan fingerprint density at radius 3 is 2.78 bits per heavy atom. The van der Waals surface area contributed by atoms with Gasteiger partial charge in [-0.2, -0.15) is 10.2 Å². The van der Waals surface area contributed by atoms with E-state index in [0.717, 1.165) is 61.5 Å². The number of nitrogens with one attached hydrogen (secondary N) is 1. The molecule has 2 aliphatic rings. The Labute approximate surface area is 172 Å². The summed E-state index contributed by atoms with van der Waals surface area (Å²) in [6.07, 6.45) is 4.17. The highest BCUT2D eigenvalue weighted by Crippen LogP contribution is 2.32. The van der Waals surface area contributed by atoms with Crippen LogP contribution in [0, 0.1) is 18.3 Å². The lowest BCUT2D eigenvalue weighted by atomic mass is 10.1. The molecule has 1 atom stereocenters. The standard InChI is InChI=1S/C19H22N6.2ClH/c1-12-5-6-15(9-13(12)10-20)22-19-23-17-4-2-3-16(17)18(24-19)25-8-7-14(21)11-25;;/h5-6,9,14H,2-4,7-8,11,21H2,1H3,(H,22,23,24);2*1H. The van der Waals surface area contributed by atoms with Crippen molar-refractivity contribution in [1.29, 1.82) is 5.26 Å². The number of aromatic nitrogens is 2. The molecule has 1 saturated heterocycles. The van der Waals surface area contributed by atoms with Crippen molar-refractivity contribution in [1.82, 2.24) is 9.97 Å². The molecule has 1 aliphatic heterocycles. The van der Waals surface area contributed by atoms with Gasteiger partial charge in [0.05, 0.1) is 17.3 Å². The Morgan fingerprint density at radius 1 is 1.26 bits per heavy atom. The van der Waals surface area contributed by atoms with Gasteiger partial charge in [0.2, 0.25) is 5.95 Å². The average Bonchev–Trinajstić information content (AvgIpc) is 3.24. The Kier molecular flexibility index (Phi) is 6.88. The van der Waals surface area contributed by atoms with Crippen LogP contribution < -0.4 is 16.0 Å². The predicted molar refractivity (Wildman–Crippen MR) is 113 cm³/mol. The lowest BCUT2D eigenvalue weighted by molar-refractivity contribution is 0.751. The maximum atomic E-state index is 9.22. The summed E-state index contributed by atoms with van der Waals surface area (Å²) in [5.74, 6) is 1.63. The number of nitrogens with zero attached hydrogens (tertiary/aromatic N) is 4. The second-order valence-corrected chi connectivity index (χ2v) is 6.91. The van der Waals surface area contributed by atoms with Crippen molar-refractivity contribution >= 4 is 42.3 Å². The van der Waals surface area contributed by atoms with Crippen molar-refractivity contribution in [2.75, 3.05) is 23.3 Å². The van der Waals surface area contributed by atoms with E-state index in [2.05, 4.69) is 16.3 Å². The van der Waals surface area contributed by atoms with Crippen LogP contribution >= 0.6 is 24.8 Å². The molecule has 4 rings (SSSR count). The zero-order chi connectivity index (χ0) is 17.4. The Morgan fingerprint density at radius 2 is 2.07 bits per heavy atom. The number of nitrogens with two attached hydrogens (primary N) is 1. The van der Waals surface area contributed by atoms with Crippen LogP contribution in [0.5, 0.6) is 0 Å². The highest BCUT2D eigenvalue weighted by atomic mass is 35.5. The van der Waals surface area contributed by atoms with Crippen LogP contribution in [0.1, 0.15) is 35.2 Å². The van der Waals surface area contributed by atoms with Gasteiger partial charge in [0.15, 0.2) is 0 Å². The van der Waals surface area contributed by atoms with E-state index in [0.29, 0.717) is 11.5 Å². The second-order valence-electron chi connectivity index (χ2n) is 6.91. The van der Waals surface area contributed by atoms with Crippen LogP contribution in [0.25, 0.3) is 0 Å². The predicted octanol–water partition coefficient (Wildman–Crippen LogP) is 3.27. The van der Waals surface area contributed by atoms with Gasteiger partial charge in [-0.05, 0) is 50.3 Å². The van der Waals surface area contributed by atoms with E-state index >= 15 is 0 Å². The molecule has 144 valence electrons. The largest absolute Gasteiger partial charge is 0.355 e. The van der Waals surface area contributed by atoms with E-state index in [1.807, 2.05) is 25.1 Å². The fourth-order valence-corrected chi connectivity index (χ4v) is 3.66. The van der Waals surface area contributed by atoms with E-state index in [1.165, 1.54) is 5.56 Å². The first kappa shape index (κ1) is 21.2. The molecule has 0 radical (unpaired) electrons. The van der Waals surface area contributed by atoms with Crippen LogP contribution in [-0.4, -0.2) is 29.1 Å². The zero-order valence-electron chi connectivity index (χ0n) is 15.2. The molecule has 2 heterocycles. The van der Waals surface area contributed by atoms with Gasteiger partial charge >= 0.3 is 0 Å². The lowest BCUT2D eigenvalue weighted by Crippen LogP contribution is -2.28. The quantitative estimate of drug-likeness (QED) is 0.812. The molecule has 8 heteroatoms. The van der Waals surface area contributed by atoms with E-state index in [1.54, 1.807) is 0 Å². The van der Waals surface area contributed by atoms with E-state index in [-0.39, 0.29) is 30.9 Å². The van der Waals surface area contributed by atoms with E-state index in [4.69, 9.17) is 15.7 Å². The molecular formula is C19H24Cl2N6. The normalized spacial score (nSPS) is 17.5. The van der Waals surface area contributed by atoms with Gasteiger partial charge in [0, 0.05) is 30.4 Å². The maximum Gasteiger partial charge on any atom is 0.229 e. The summed E-state index contributed by atoms with van der Waals surface area (Å²) in [5.41, 5.74) is 11.0. The first-order chi connectivity index (χ1) is 12.1. The molecule has 1 fully saturated rings. The van der Waals surface area contributed by atoms with E-state index < -0.39 is 0 Å². The van der Waals surface area contributed by atoms with Gasteiger partial charge in [0.25, 0.3) is 0 Å². The van der Waals surface area contributed by atoms with Gasteiger partial charge in [-0.25, -0.2) is 4.98 Å². The number of halogens is 2. The highest BCUT2D eigenvalue weighted by Gasteiger charge is 2.27. The number of fused-ring (bicyclic) bond motifs is 1. The van der Waals surface area contributed by atoms with Gasteiger partial charge in [-0.1, -0.05) is 6.07 Å². The molecular weight excluding hydrogens is 383 g/mol. The molecule has 1 aromatic heterocycles. The third kappa shape index (κ3) is 4.27. The van der Waals surface area contributed by atoms with Crippen LogP contribution in [0.4, 0.5) is 17.5 Å². The Balaban J connectivity index is 0.00000131. The Bertz CT molecular complexity index is 864. The molecule has 27 heavy (non-hydrogen) atoms. The summed E-state index contributed by atoms with van der Waals surface area (Å²) < 4.78 is 0. The Hall–Kier alpha value is -2.07. The molecule has 6 nitrogen and oxygen atoms in total. The van der Waals surface area contributed by atoms with Crippen LogP contribution in [0.3, 0.4) is 0 Å². The second kappa shape index (κ2) is 8.75. The fraction of sp³-hybridized carbons (Fsp3) is 0.421. The van der Waals surface area contributed by atoms with E-state index in [9.17, 15) is 5.26 Å². The minimum atomic E-state index is 0. The summed E-state index contributed by atoms with van der Waals surface area (Å²) in [7, 11) is 0. The molecule has 0 bridgehead atoms. The molecule has 2 aromatic rings. The number of hydrogen-bond acceptors (Lipinski definition) is 6. The molecule has 3 N–H and O–H groups in total. The van der Waals surface area contributed by atoms with Crippen molar-refractivity contribution in [3.05, 3.63) is 40.6 Å². The number of nitriles is 1. The minimum absolute atomic E-state index is 0. The first-order valence-electron chi connectivity index (χ1n) is 8.82. The van der Waals surface area contributed by atoms with Crippen molar-refractivity contribution in [2.24, 2.45) is 5.73 Å². The summed E-state index contributed by atoms with van der Waals surface area (Å²) in [6.45, 7) is 3.74. The number of aryl methyl sites for hydroxylation is 2. The van der Waals surface area contributed by atoms with Crippen LogP contribution in [0.15, 0.2) is 18.2 Å². The minimum Gasteiger partial charge on any atom is -0.355 e. The van der Waals surface area contributed by atoms with Crippen molar-refractivity contribution in [3.63, 3.8) is 0 Å². The highest BCUT2D eigenvalue weighted by molar-refractivity contribution is 5.85. The first-order valence-corrected chi connectivity index (χ1v) is 8.82. The smallest absolute Gasteiger partial charge is 0.229 e. The molecule has 1 aromatic carbocycles. The fourth-order valence-electron chi connectivity index (χ4n) is 3.66. The van der Waals surface area contributed by atoms with Crippen molar-refractivity contribution in [2.45, 2.75) is 38.6 Å². The lowest BCUT2D eigenvalue weighted by Gasteiger charge is -2.21. The molecule has 0 saturated carbocycles. The summed E-state index contributed by atoms with van der Waals surface area (Å²) in [6, 6.07) is 8.18. The monoisotopic (exact) mass is 406 g/mol. The zero-order valence-corrected chi connectivity index (χ0v) is 16.9. The number of hydrogen-bond donors (Lipinski definition) is 2. The number of anilines is 3.